The predicted octanol–water partition coefficient (Wildman–Crippen LogP) is 3.57. The van der Waals surface area contributed by atoms with Crippen LogP contribution < -0.4 is 10.5 Å². The van der Waals surface area contributed by atoms with Gasteiger partial charge in [-0.05, 0) is 25.5 Å². The summed E-state index contributed by atoms with van der Waals surface area (Å²) in [6.45, 7) is 4.76. The van der Waals surface area contributed by atoms with E-state index in [1.165, 1.54) is 5.56 Å². The molecule has 2 aromatic carbocycles. The van der Waals surface area contributed by atoms with E-state index in [2.05, 4.69) is 6.07 Å². The first-order valence-electron chi connectivity index (χ1n) is 6.77. The maximum atomic E-state index is 5.96. The Kier molecular flexibility index (Phi) is 5.16. The third kappa shape index (κ3) is 4.08. The van der Waals surface area contributed by atoms with Crippen LogP contribution in [0.25, 0.3) is 0 Å². The molecule has 3 nitrogen and oxygen atoms in total. The SMILES string of the molecule is Cc1ccc(OCOCc2ccccc2)c(C(C)N)c1. The Morgan fingerprint density at radius 1 is 1.10 bits per heavy atom. The van der Waals surface area contributed by atoms with Crippen molar-refractivity contribution in [2.75, 3.05) is 6.79 Å². The molecule has 106 valence electrons. The van der Waals surface area contributed by atoms with Gasteiger partial charge in [-0.3, -0.25) is 0 Å². The van der Waals surface area contributed by atoms with E-state index >= 15 is 0 Å². The molecule has 0 radical (unpaired) electrons. The van der Waals surface area contributed by atoms with Crippen LogP contribution in [0.3, 0.4) is 0 Å². The Morgan fingerprint density at radius 3 is 2.55 bits per heavy atom. The molecule has 0 saturated carbocycles. The molecule has 2 rings (SSSR count). The molecular formula is C17H21NO2. The van der Waals surface area contributed by atoms with Crippen molar-refractivity contribution in [1.82, 2.24) is 0 Å². The number of nitrogens with two attached hydrogens (primary N) is 1. The van der Waals surface area contributed by atoms with E-state index in [0.717, 1.165) is 16.9 Å². The topological polar surface area (TPSA) is 44.5 Å². The predicted molar refractivity (Wildman–Crippen MR) is 80.5 cm³/mol. The molecule has 20 heavy (non-hydrogen) atoms. The summed E-state index contributed by atoms with van der Waals surface area (Å²) >= 11 is 0. The summed E-state index contributed by atoms with van der Waals surface area (Å²) in [4.78, 5) is 0. The summed E-state index contributed by atoms with van der Waals surface area (Å²) in [6.07, 6.45) is 0. The molecule has 2 aromatic rings. The lowest BCUT2D eigenvalue weighted by molar-refractivity contribution is 0.00440. The first-order valence-corrected chi connectivity index (χ1v) is 6.77. The van der Waals surface area contributed by atoms with Crippen molar-refractivity contribution in [2.45, 2.75) is 26.5 Å². The molecule has 1 atom stereocenters. The van der Waals surface area contributed by atoms with Crippen molar-refractivity contribution < 1.29 is 9.47 Å². The first kappa shape index (κ1) is 14.6. The van der Waals surface area contributed by atoms with Gasteiger partial charge < -0.3 is 15.2 Å². The minimum absolute atomic E-state index is 0.0565. The smallest absolute Gasteiger partial charge is 0.189 e. The van der Waals surface area contributed by atoms with Crippen LogP contribution in [0.4, 0.5) is 0 Å². The number of ether oxygens (including phenoxy) is 2. The summed E-state index contributed by atoms with van der Waals surface area (Å²) in [5.41, 5.74) is 9.27. The molecule has 0 amide bonds. The van der Waals surface area contributed by atoms with Gasteiger partial charge in [-0.2, -0.15) is 0 Å². The first-order chi connectivity index (χ1) is 9.66. The summed E-state index contributed by atoms with van der Waals surface area (Å²) in [7, 11) is 0. The molecule has 3 heteroatoms. The van der Waals surface area contributed by atoms with Gasteiger partial charge >= 0.3 is 0 Å². The van der Waals surface area contributed by atoms with Gasteiger partial charge in [0.25, 0.3) is 0 Å². The van der Waals surface area contributed by atoms with Crippen LogP contribution in [0.1, 0.15) is 29.7 Å². The Labute approximate surface area is 120 Å². The molecule has 1 unspecified atom stereocenters. The molecular weight excluding hydrogens is 250 g/mol. The fraction of sp³-hybridized carbons (Fsp3) is 0.294. The van der Waals surface area contributed by atoms with E-state index in [1.54, 1.807) is 0 Å². The third-order valence-corrected chi connectivity index (χ3v) is 3.07. The standard InChI is InChI=1S/C17H21NO2/c1-13-8-9-17(16(10-13)14(2)18)20-12-19-11-15-6-4-3-5-7-15/h3-10,14H,11-12,18H2,1-2H3. The second-order valence-corrected chi connectivity index (χ2v) is 4.93. The molecule has 0 aliphatic heterocycles. The van der Waals surface area contributed by atoms with Gasteiger partial charge in [0, 0.05) is 11.6 Å². The van der Waals surface area contributed by atoms with Crippen LogP contribution in [0.5, 0.6) is 5.75 Å². The maximum Gasteiger partial charge on any atom is 0.189 e. The Morgan fingerprint density at radius 2 is 1.85 bits per heavy atom. The molecule has 0 bridgehead atoms. The van der Waals surface area contributed by atoms with Crippen LogP contribution in [0.2, 0.25) is 0 Å². The van der Waals surface area contributed by atoms with Gasteiger partial charge in [0.15, 0.2) is 6.79 Å². The number of hydrogen-bond acceptors (Lipinski definition) is 3. The second kappa shape index (κ2) is 7.08. The third-order valence-electron chi connectivity index (χ3n) is 3.07. The van der Waals surface area contributed by atoms with Gasteiger partial charge in [0.2, 0.25) is 0 Å². The van der Waals surface area contributed by atoms with E-state index in [9.17, 15) is 0 Å². The highest BCUT2D eigenvalue weighted by Gasteiger charge is 2.08. The molecule has 0 aliphatic rings. The van der Waals surface area contributed by atoms with Crippen molar-refractivity contribution in [3.05, 3.63) is 65.2 Å². The lowest BCUT2D eigenvalue weighted by atomic mass is 10.1. The molecule has 0 aromatic heterocycles. The zero-order chi connectivity index (χ0) is 14.4. The number of rotatable bonds is 6. The normalized spacial score (nSPS) is 12.2. The van der Waals surface area contributed by atoms with E-state index in [1.807, 2.05) is 56.3 Å². The van der Waals surface area contributed by atoms with Crippen LogP contribution in [-0.4, -0.2) is 6.79 Å². The van der Waals surface area contributed by atoms with E-state index < -0.39 is 0 Å². The monoisotopic (exact) mass is 271 g/mol. The average molecular weight is 271 g/mol. The fourth-order valence-electron chi connectivity index (χ4n) is 1.99. The van der Waals surface area contributed by atoms with Gasteiger partial charge in [-0.25, -0.2) is 0 Å². The molecule has 0 aliphatic carbocycles. The number of benzene rings is 2. The largest absolute Gasteiger partial charge is 0.467 e. The molecule has 2 N–H and O–H groups in total. The number of aryl methyl sites for hydroxylation is 1. The van der Waals surface area contributed by atoms with Crippen LogP contribution in [0, 0.1) is 6.92 Å². The van der Waals surface area contributed by atoms with E-state index in [4.69, 9.17) is 15.2 Å². The summed E-state index contributed by atoms with van der Waals surface area (Å²) in [5.74, 6) is 0.790. The van der Waals surface area contributed by atoms with Crippen molar-refractivity contribution in [3.63, 3.8) is 0 Å². The Balaban J connectivity index is 1.88. The van der Waals surface area contributed by atoms with Crippen LogP contribution >= 0.6 is 0 Å². The highest BCUT2D eigenvalue weighted by molar-refractivity contribution is 5.38. The highest BCUT2D eigenvalue weighted by Crippen LogP contribution is 2.25. The lowest BCUT2D eigenvalue weighted by Gasteiger charge is -2.15. The molecule has 0 heterocycles. The average Bonchev–Trinajstić information content (AvgIpc) is 2.45. The minimum atomic E-state index is -0.0565. The Bertz CT molecular complexity index is 538. The van der Waals surface area contributed by atoms with Crippen molar-refractivity contribution in [3.8, 4) is 5.75 Å². The van der Waals surface area contributed by atoms with Crippen molar-refractivity contribution in [2.24, 2.45) is 5.73 Å². The minimum Gasteiger partial charge on any atom is -0.467 e. The summed E-state index contributed by atoms with van der Waals surface area (Å²) < 4.78 is 11.2. The highest BCUT2D eigenvalue weighted by atomic mass is 16.7. The summed E-state index contributed by atoms with van der Waals surface area (Å²) in [5, 5.41) is 0. The second-order valence-electron chi connectivity index (χ2n) is 4.93. The molecule has 0 spiro atoms. The van der Waals surface area contributed by atoms with Crippen LogP contribution in [-0.2, 0) is 11.3 Å². The zero-order valence-electron chi connectivity index (χ0n) is 12.0. The van der Waals surface area contributed by atoms with E-state index in [0.29, 0.717) is 6.61 Å². The summed E-state index contributed by atoms with van der Waals surface area (Å²) in [6, 6.07) is 16.0. The maximum absolute atomic E-state index is 5.96. The fourth-order valence-corrected chi connectivity index (χ4v) is 1.99. The van der Waals surface area contributed by atoms with Gasteiger partial charge in [0.1, 0.15) is 5.75 Å². The van der Waals surface area contributed by atoms with Crippen molar-refractivity contribution in [1.29, 1.82) is 0 Å². The van der Waals surface area contributed by atoms with Gasteiger partial charge in [0.05, 0.1) is 6.61 Å². The van der Waals surface area contributed by atoms with Gasteiger partial charge in [-0.15, -0.1) is 0 Å². The quantitative estimate of drug-likeness (QED) is 0.645. The molecule has 0 fully saturated rings. The van der Waals surface area contributed by atoms with Crippen LogP contribution in [0.15, 0.2) is 48.5 Å². The molecule has 0 saturated heterocycles. The van der Waals surface area contributed by atoms with E-state index in [-0.39, 0.29) is 12.8 Å². The van der Waals surface area contributed by atoms with Crippen molar-refractivity contribution >= 4 is 0 Å². The Hall–Kier alpha value is -1.84. The zero-order valence-corrected chi connectivity index (χ0v) is 12.0. The van der Waals surface area contributed by atoms with Gasteiger partial charge in [-0.1, -0.05) is 48.0 Å². The lowest BCUT2D eigenvalue weighted by Crippen LogP contribution is -2.10. The number of hydrogen-bond donors (Lipinski definition) is 1.